The van der Waals surface area contributed by atoms with Gasteiger partial charge >= 0.3 is 0 Å². The van der Waals surface area contributed by atoms with Crippen LogP contribution in [-0.2, 0) is 9.63 Å². The van der Waals surface area contributed by atoms with Crippen molar-refractivity contribution in [1.82, 2.24) is 5.06 Å². The monoisotopic (exact) mass is 457 g/mol. The predicted molar refractivity (Wildman–Crippen MR) is 131 cm³/mol. The molecule has 0 aromatic heterocycles. The van der Waals surface area contributed by atoms with Gasteiger partial charge in [0, 0.05) is 13.5 Å². The standard InChI is InChI=1S/C29H47NO3/c1-19(5-12-27(32)30(4)33-18-20-6-7-20)24-10-11-25-23-9-8-21-17-22(31)13-15-28(21,2)26(23)14-16-29(24,25)3/h8,19-20,22-26,31H,5-7,9-18H2,1-4H3/t19?,22-,23-,24+,25-,26-,28-,29+/m0/s1. The summed E-state index contributed by atoms with van der Waals surface area (Å²) in [5.74, 6) is 4.59. The Balaban J connectivity index is 1.21. The van der Waals surface area contributed by atoms with E-state index in [-0.39, 0.29) is 12.0 Å². The van der Waals surface area contributed by atoms with E-state index in [0.717, 1.165) is 42.9 Å². The number of hydrogen-bond acceptors (Lipinski definition) is 3. The Hall–Kier alpha value is -0.870. The van der Waals surface area contributed by atoms with Crippen LogP contribution in [0.1, 0.15) is 97.8 Å². The highest BCUT2D eigenvalue weighted by atomic mass is 16.7. The number of hydroxylamine groups is 2. The maximum absolute atomic E-state index is 12.6. The van der Waals surface area contributed by atoms with Crippen molar-refractivity contribution in [3.05, 3.63) is 11.6 Å². The fourth-order valence-corrected chi connectivity index (χ4v) is 8.90. The van der Waals surface area contributed by atoms with Crippen LogP contribution in [-0.4, -0.2) is 35.8 Å². The number of carbonyl (C=O) groups is 1. The minimum Gasteiger partial charge on any atom is -0.393 e. The zero-order valence-electron chi connectivity index (χ0n) is 21.5. The largest absolute Gasteiger partial charge is 0.393 e. The van der Waals surface area contributed by atoms with E-state index in [2.05, 4.69) is 26.8 Å². The molecule has 4 saturated carbocycles. The second kappa shape index (κ2) is 8.97. The molecule has 1 N–H and O–H groups in total. The first-order valence-corrected chi connectivity index (χ1v) is 14.0. The van der Waals surface area contributed by atoms with E-state index >= 15 is 0 Å². The number of fused-ring (bicyclic) bond motifs is 5. The van der Waals surface area contributed by atoms with E-state index in [1.165, 1.54) is 56.4 Å². The number of aliphatic hydroxyl groups is 1. The van der Waals surface area contributed by atoms with Gasteiger partial charge in [0.15, 0.2) is 0 Å². The second-order valence-corrected chi connectivity index (χ2v) is 13.0. The topological polar surface area (TPSA) is 49.8 Å². The second-order valence-electron chi connectivity index (χ2n) is 13.0. The molecule has 0 bridgehead atoms. The molecule has 0 spiro atoms. The number of allylic oxidation sites excluding steroid dienone is 1. The van der Waals surface area contributed by atoms with Crippen LogP contribution in [0.2, 0.25) is 0 Å². The van der Waals surface area contributed by atoms with Crippen LogP contribution in [0, 0.1) is 46.3 Å². The fraction of sp³-hybridized carbons (Fsp3) is 0.897. The molecule has 1 amide bonds. The van der Waals surface area contributed by atoms with Crippen LogP contribution >= 0.6 is 0 Å². The summed E-state index contributed by atoms with van der Waals surface area (Å²) in [5, 5.41) is 11.8. The van der Waals surface area contributed by atoms with E-state index in [9.17, 15) is 9.90 Å². The van der Waals surface area contributed by atoms with Crippen molar-refractivity contribution >= 4 is 5.91 Å². The third-order valence-corrected chi connectivity index (χ3v) is 11.2. The van der Waals surface area contributed by atoms with Gasteiger partial charge in [0.1, 0.15) is 0 Å². The summed E-state index contributed by atoms with van der Waals surface area (Å²) in [6, 6.07) is 0. The number of rotatable bonds is 7. The van der Waals surface area contributed by atoms with Gasteiger partial charge < -0.3 is 5.11 Å². The van der Waals surface area contributed by atoms with Gasteiger partial charge in [-0.25, -0.2) is 5.06 Å². The first-order chi connectivity index (χ1) is 15.7. The van der Waals surface area contributed by atoms with Crippen molar-refractivity contribution in [3.63, 3.8) is 0 Å². The first-order valence-electron chi connectivity index (χ1n) is 14.0. The zero-order valence-corrected chi connectivity index (χ0v) is 21.5. The van der Waals surface area contributed by atoms with E-state index in [0.29, 0.717) is 35.7 Å². The Bertz CT molecular complexity index is 775. The van der Waals surface area contributed by atoms with Crippen molar-refractivity contribution < 1.29 is 14.7 Å². The number of amides is 1. The summed E-state index contributed by atoms with van der Waals surface area (Å²) in [6.45, 7) is 8.23. The first kappa shape index (κ1) is 23.9. The normalized spacial score (nSPS) is 43.2. The molecule has 4 fully saturated rings. The van der Waals surface area contributed by atoms with Gasteiger partial charge in [0.2, 0.25) is 5.91 Å². The SMILES string of the molecule is CC(CCC(=O)N(C)OCC1CC1)[C@H]1CC[C@H]2[C@@H]3CC=C4C[C@@H](O)CC[C@]4(C)[C@H]3CC[C@]12C. The molecule has 0 aliphatic heterocycles. The minimum atomic E-state index is -0.118. The van der Waals surface area contributed by atoms with Crippen molar-refractivity contribution in [2.75, 3.05) is 13.7 Å². The fourth-order valence-electron chi connectivity index (χ4n) is 8.90. The number of aliphatic hydroxyl groups excluding tert-OH is 1. The molecular weight excluding hydrogens is 410 g/mol. The van der Waals surface area contributed by atoms with Crippen molar-refractivity contribution in [1.29, 1.82) is 0 Å². The van der Waals surface area contributed by atoms with Gasteiger partial charge in [-0.15, -0.1) is 0 Å². The molecule has 0 aromatic carbocycles. The number of hydrogen-bond donors (Lipinski definition) is 1. The molecule has 5 aliphatic carbocycles. The lowest BCUT2D eigenvalue weighted by Crippen LogP contribution is -2.50. The Kier molecular flexibility index (Phi) is 6.48. The van der Waals surface area contributed by atoms with E-state index in [1.54, 1.807) is 12.6 Å². The van der Waals surface area contributed by atoms with Gasteiger partial charge in [0.05, 0.1) is 12.7 Å². The Morgan fingerprint density at radius 1 is 1.15 bits per heavy atom. The van der Waals surface area contributed by atoms with Gasteiger partial charge in [-0.2, -0.15) is 0 Å². The van der Waals surface area contributed by atoms with E-state index < -0.39 is 0 Å². The summed E-state index contributed by atoms with van der Waals surface area (Å²) in [6.07, 6.45) is 16.2. The molecule has 33 heavy (non-hydrogen) atoms. The zero-order chi connectivity index (χ0) is 23.4. The highest BCUT2D eigenvalue weighted by Gasteiger charge is 2.59. The van der Waals surface area contributed by atoms with Gasteiger partial charge in [-0.05, 0) is 117 Å². The summed E-state index contributed by atoms with van der Waals surface area (Å²) in [7, 11) is 1.79. The molecule has 5 aliphatic rings. The highest BCUT2D eigenvalue weighted by Crippen LogP contribution is 2.67. The minimum absolute atomic E-state index is 0.118. The Labute approximate surface area is 201 Å². The van der Waals surface area contributed by atoms with Crippen LogP contribution in [0.15, 0.2) is 11.6 Å². The molecule has 186 valence electrons. The smallest absolute Gasteiger partial charge is 0.245 e. The summed E-state index contributed by atoms with van der Waals surface area (Å²) in [4.78, 5) is 18.3. The average molecular weight is 458 g/mol. The predicted octanol–water partition coefficient (Wildman–Crippen LogP) is 6.14. The number of carbonyl (C=O) groups excluding carboxylic acids is 1. The summed E-state index contributed by atoms with van der Waals surface area (Å²) >= 11 is 0. The van der Waals surface area contributed by atoms with Crippen LogP contribution in [0.3, 0.4) is 0 Å². The van der Waals surface area contributed by atoms with E-state index in [4.69, 9.17) is 4.84 Å². The molecule has 4 nitrogen and oxygen atoms in total. The molecule has 5 rings (SSSR count). The molecule has 8 atom stereocenters. The average Bonchev–Trinajstić information content (AvgIpc) is 3.55. The molecule has 0 radical (unpaired) electrons. The maximum atomic E-state index is 12.6. The Morgan fingerprint density at radius 2 is 1.94 bits per heavy atom. The van der Waals surface area contributed by atoms with Crippen molar-refractivity contribution in [2.45, 2.75) is 104 Å². The van der Waals surface area contributed by atoms with Crippen molar-refractivity contribution in [3.8, 4) is 0 Å². The van der Waals surface area contributed by atoms with Gasteiger partial charge in [0.25, 0.3) is 0 Å². The van der Waals surface area contributed by atoms with Crippen LogP contribution in [0.4, 0.5) is 0 Å². The Morgan fingerprint density at radius 3 is 2.70 bits per heavy atom. The van der Waals surface area contributed by atoms with Gasteiger partial charge in [-0.1, -0.05) is 32.4 Å². The summed E-state index contributed by atoms with van der Waals surface area (Å²) < 4.78 is 0. The molecule has 1 unspecified atom stereocenters. The molecule has 0 saturated heterocycles. The maximum Gasteiger partial charge on any atom is 0.245 e. The molecule has 4 heteroatoms. The lowest BCUT2D eigenvalue weighted by molar-refractivity contribution is -0.180. The highest BCUT2D eigenvalue weighted by molar-refractivity contribution is 5.74. The lowest BCUT2D eigenvalue weighted by atomic mass is 9.47. The van der Waals surface area contributed by atoms with Crippen LogP contribution in [0.25, 0.3) is 0 Å². The molecule has 0 aromatic rings. The number of nitrogens with zero attached hydrogens (tertiary/aromatic N) is 1. The quantitative estimate of drug-likeness (QED) is 0.369. The third-order valence-electron chi connectivity index (χ3n) is 11.2. The third kappa shape index (κ3) is 4.33. The molecule has 0 heterocycles. The molecular formula is C29H47NO3. The lowest BCUT2D eigenvalue weighted by Gasteiger charge is -2.58. The van der Waals surface area contributed by atoms with Crippen LogP contribution < -0.4 is 0 Å². The summed E-state index contributed by atoms with van der Waals surface area (Å²) in [5.41, 5.74) is 2.32. The van der Waals surface area contributed by atoms with Gasteiger partial charge in [-0.3, -0.25) is 9.63 Å². The van der Waals surface area contributed by atoms with Crippen LogP contribution in [0.5, 0.6) is 0 Å². The van der Waals surface area contributed by atoms with E-state index in [1.807, 2.05) is 0 Å². The van der Waals surface area contributed by atoms with Crippen molar-refractivity contribution in [2.24, 2.45) is 46.3 Å².